The number of nitrogens with one attached hydrogen (secondary N) is 1. The van der Waals surface area contributed by atoms with E-state index in [0.717, 1.165) is 29.4 Å². The van der Waals surface area contributed by atoms with Crippen molar-refractivity contribution in [3.05, 3.63) is 29.8 Å². The Morgan fingerprint density at radius 3 is 2.54 bits per heavy atom. The summed E-state index contributed by atoms with van der Waals surface area (Å²) in [5.74, 6) is 0. The number of rotatable bonds is 5. The van der Waals surface area contributed by atoms with Gasteiger partial charge in [-0.25, -0.2) is 0 Å². The van der Waals surface area contributed by atoms with Gasteiger partial charge in [0.25, 0.3) is 0 Å². The van der Waals surface area contributed by atoms with Crippen molar-refractivity contribution in [2.75, 3.05) is 17.2 Å². The summed E-state index contributed by atoms with van der Waals surface area (Å²) in [7, 11) is 0. The van der Waals surface area contributed by atoms with Gasteiger partial charge in [-0.05, 0) is 17.7 Å². The summed E-state index contributed by atoms with van der Waals surface area (Å²) in [5, 5.41) is 4.16. The van der Waals surface area contributed by atoms with Crippen LogP contribution in [0.25, 0.3) is 0 Å². The van der Waals surface area contributed by atoms with Crippen LogP contribution in [0.1, 0.15) is 5.56 Å². The predicted octanol–water partition coefficient (Wildman–Crippen LogP) is 2.23. The zero-order valence-corrected chi connectivity index (χ0v) is 8.88. The molecule has 0 amide bonds. The summed E-state index contributed by atoms with van der Waals surface area (Å²) in [5.41, 5.74) is 2.15. The summed E-state index contributed by atoms with van der Waals surface area (Å²) in [6.07, 6.45) is 1.42. The molecule has 0 aromatic heterocycles. The Morgan fingerprint density at radius 2 is 2.00 bits per heavy atom. The van der Waals surface area contributed by atoms with Crippen molar-refractivity contribution in [2.24, 2.45) is 0 Å². The molecule has 0 heterocycles. The monoisotopic (exact) mass is 241 g/mol. The summed E-state index contributed by atoms with van der Waals surface area (Å²) in [4.78, 5) is 10.2. The van der Waals surface area contributed by atoms with Crippen molar-refractivity contribution in [2.45, 2.75) is 6.42 Å². The lowest BCUT2D eigenvalue weighted by molar-refractivity contribution is -0.107. The maximum absolute atomic E-state index is 10.2. The highest BCUT2D eigenvalue weighted by molar-refractivity contribution is 9.09. The Labute approximate surface area is 86.5 Å². The van der Waals surface area contributed by atoms with Crippen LogP contribution < -0.4 is 5.32 Å². The second kappa shape index (κ2) is 5.75. The lowest BCUT2D eigenvalue weighted by Gasteiger charge is -2.03. The fourth-order valence-corrected chi connectivity index (χ4v) is 1.24. The van der Waals surface area contributed by atoms with Crippen molar-refractivity contribution in [3.63, 3.8) is 0 Å². The first kappa shape index (κ1) is 10.3. The molecule has 1 N–H and O–H groups in total. The van der Waals surface area contributed by atoms with Crippen LogP contribution in [-0.4, -0.2) is 18.2 Å². The minimum absolute atomic E-state index is 0.499. The maximum atomic E-state index is 10.2. The molecule has 1 rings (SSSR count). The molecule has 0 unspecified atom stereocenters. The molecular weight excluding hydrogens is 230 g/mol. The smallest absolute Gasteiger partial charge is 0.124 e. The van der Waals surface area contributed by atoms with Gasteiger partial charge >= 0.3 is 0 Å². The van der Waals surface area contributed by atoms with Gasteiger partial charge in [-0.2, -0.15) is 0 Å². The third-order valence-electron chi connectivity index (χ3n) is 1.70. The second-order valence-corrected chi connectivity index (χ2v) is 3.48. The van der Waals surface area contributed by atoms with E-state index in [1.165, 1.54) is 0 Å². The fraction of sp³-hybridized carbons (Fsp3) is 0.300. The Balaban J connectivity index is 2.53. The molecule has 1 aromatic rings. The van der Waals surface area contributed by atoms with E-state index in [9.17, 15) is 4.79 Å². The number of aldehydes is 1. The van der Waals surface area contributed by atoms with Gasteiger partial charge in [0.1, 0.15) is 6.29 Å². The van der Waals surface area contributed by atoms with E-state index in [4.69, 9.17) is 0 Å². The van der Waals surface area contributed by atoms with Crippen molar-refractivity contribution in [1.29, 1.82) is 0 Å². The fourth-order valence-electron chi connectivity index (χ4n) is 1.05. The summed E-state index contributed by atoms with van der Waals surface area (Å²) < 4.78 is 0. The summed E-state index contributed by atoms with van der Waals surface area (Å²) in [6.45, 7) is 0.910. The zero-order valence-electron chi connectivity index (χ0n) is 7.29. The first-order valence-corrected chi connectivity index (χ1v) is 5.31. The molecule has 0 aliphatic carbocycles. The van der Waals surface area contributed by atoms with Gasteiger partial charge in [0.2, 0.25) is 0 Å². The van der Waals surface area contributed by atoms with E-state index in [0.29, 0.717) is 6.42 Å². The molecule has 0 aliphatic heterocycles. The first-order valence-electron chi connectivity index (χ1n) is 4.19. The van der Waals surface area contributed by atoms with E-state index in [2.05, 4.69) is 21.2 Å². The van der Waals surface area contributed by atoms with Gasteiger partial charge < -0.3 is 10.1 Å². The highest BCUT2D eigenvalue weighted by Crippen LogP contribution is 2.09. The minimum Gasteiger partial charge on any atom is -0.384 e. The molecule has 3 heteroatoms. The van der Waals surface area contributed by atoms with E-state index in [1.807, 2.05) is 24.3 Å². The number of anilines is 1. The minimum atomic E-state index is 0.499. The van der Waals surface area contributed by atoms with Crippen LogP contribution in [0.2, 0.25) is 0 Å². The van der Waals surface area contributed by atoms with Crippen LogP contribution in [0.4, 0.5) is 5.69 Å². The van der Waals surface area contributed by atoms with Crippen molar-refractivity contribution < 1.29 is 4.79 Å². The molecule has 13 heavy (non-hydrogen) atoms. The Bertz CT molecular complexity index is 258. The average Bonchev–Trinajstić information content (AvgIpc) is 2.17. The maximum Gasteiger partial charge on any atom is 0.124 e. The number of halogens is 1. The predicted molar refractivity (Wildman–Crippen MR) is 58.5 cm³/mol. The van der Waals surface area contributed by atoms with Crippen LogP contribution >= 0.6 is 15.9 Å². The molecule has 0 fully saturated rings. The Kier molecular flexibility index (Phi) is 4.54. The highest BCUT2D eigenvalue weighted by atomic mass is 79.9. The number of carbonyl (C=O) groups excluding carboxylic acids is 1. The molecule has 1 aromatic carbocycles. The third-order valence-corrected chi connectivity index (χ3v) is 2.09. The molecule has 70 valence electrons. The van der Waals surface area contributed by atoms with E-state index < -0.39 is 0 Å². The van der Waals surface area contributed by atoms with Crippen LogP contribution in [0.15, 0.2) is 24.3 Å². The largest absolute Gasteiger partial charge is 0.384 e. The van der Waals surface area contributed by atoms with Crippen molar-refractivity contribution in [3.8, 4) is 0 Å². The van der Waals surface area contributed by atoms with Crippen LogP contribution in [0.3, 0.4) is 0 Å². The van der Waals surface area contributed by atoms with Crippen LogP contribution in [-0.2, 0) is 11.2 Å². The average molecular weight is 242 g/mol. The molecule has 2 nitrogen and oxygen atoms in total. The highest BCUT2D eigenvalue weighted by Gasteiger charge is 1.92. The third kappa shape index (κ3) is 3.59. The lowest BCUT2D eigenvalue weighted by atomic mass is 10.1. The SMILES string of the molecule is O=CCc1ccc(NCCBr)cc1. The number of hydrogen-bond acceptors (Lipinski definition) is 2. The molecule has 0 saturated carbocycles. The molecule has 0 atom stereocenters. The zero-order chi connectivity index (χ0) is 9.52. The van der Waals surface area contributed by atoms with Gasteiger partial charge in [0.05, 0.1) is 0 Å². The molecule has 0 aliphatic rings. The van der Waals surface area contributed by atoms with Gasteiger partial charge in [0, 0.05) is 24.0 Å². The topological polar surface area (TPSA) is 29.1 Å². The number of hydrogen-bond donors (Lipinski definition) is 1. The van der Waals surface area contributed by atoms with E-state index in [1.54, 1.807) is 0 Å². The van der Waals surface area contributed by atoms with Gasteiger partial charge in [0.15, 0.2) is 0 Å². The lowest BCUT2D eigenvalue weighted by Crippen LogP contribution is -2.01. The molecule has 0 radical (unpaired) electrons. The summed E-state index contributed by atoms with van der Waals surface area (Å²) >= 11 is 3.34. The number of alkyl halides is 1. The van der Waals surface area contributed by atoms with E-state index in [-0.39, 0.29) is 0 Å². The van der Waals surface area contributed by atoms with Gasteiger partial charge in [-0.3, -0.25) is 0 Å². The standard InChI is InChI=1S/C10H12BrNO/c11-6-7-12-10-3-1-9(2-4-10)5-8-13/h1-4,8,12H,5-7H2. The number of benzene rings is 1. The second-order valence-electron chi connectivity index (χ2n) is 2.68. The van der Waals surface area contributed by atoms with Crippen LogP contribution in [0, 0.1) is 0 Å². The van der Waals surface area contributed by atoms with Crippen molar-refractivity contribution in [1.82, 2.24) is 0 Å². The van der Waals surface area contributed by atoms with E-state index >= 15 is 0 Å². The molecular formula is C10H12BrNO. The Hall–Kier alpha value is -0.830. The first-order chi connectivity index (χ1) is 6.36. The van der Waals surface area contributed by atoms with Crippen molar-refractivity contribution >= 4 is 27.9 Å². The quantitative estimate of drug-likeness (QED) is 0.633. The van der Waals surface area contributed by atoms with Crippen LogP contribution in [0.5, 0.6) is 0 Å². The molecule has 0 spiro atoms. The Morgan fingerprint density at radius 1 is 1.31 bits per heavy atom. The molecule has 0 saturated heterocycles. The summed E-state index contributed by atoms with van der Waals surface area (Å²) in [6, 6.07) is 7.90. The molecule has 0 bridgehead atoms. The van der Waals surface area contributed by atoms with Gasteiger partial charge in [-0.15, -0.1) is 0 Å². The number of carbonyl (C=O) groups is 1. The van der Waals surface area contributed by atoms with Gasteiger partial charge in [-0.1, -0.05) is 28.1 Å². The normalized spacial score (nSPS) is 9.62.